The summed E-state index contributed by atoms with van der Waals surface area (Å²) < 4.78 is 10.8. The summed E-state index contributed by atoms with van der Waals surface area (Å²) in [6.45, 7) is 3.61. The smallest absolute Gasteiger partial charge is 0.167 e. The van der Waals surface area contributed by atoms with Crippen LogP contribution in [-0.4, -0.2) is 59.1 Å². The maximum Gasteiger partial charge on any atom is 0.167 e. The quantitative estimate of drug-likeness (QED) is 0.309. The zero-order valence-electron chi connectivity index (χ0n) is 12.4. The van der Waals surface area contributed by atoms with Crippen LogP contribution in [0.25, 0.3) is 0 Å². The summed E-state index contributed by atoms with van der Waals surface area (Å²) in [6, 6.07) is 0. The summed E-state index contributed by atoms with van der Waals surface area (Å²) in [7, 11) is 0. The first-order chi connectivity index (χ1) is 9.62. The molecule has 0 aromatic heterocycles. The zero-order valence-corrected chi connectivity index (χ0v) is 12.4. The third-order valence-electron chi connectivity index (χ3n) is 2.70. The van der Waals surface area contributed by atoms with E-state index in [1.807, 2.05) is 13.8 Å². The predicted octanol–water partition coefficient (Wildman–Crippen LogP) is 0.538. The monoisotopic (exact) mass is 292 g/mol. The van der Waals surface area contributed by atoms with Crippen molar-refractivity contribution in [3.05, 3.63) is 11.5 Å². The zero-order chi connectivity index (χ0) is 15.4. The van der Waals surface area contributed by atoms with Gasteiger partial charge in [0.15, 0.2) is 11.5 Å². The molecule has 0 aliphatic rings. The van der Waals surface area contributed by atoms with Crippen molar-refractivity contribution in [2.24, 2.45) is 0 Å². The van der Waals surface area contributed by atoms with Gasteiger partial charge in [-0.15, -0.1) is 0 Å². The first-order valence-electron chi connectivity index (χ1n) is 7.19. The van der Waals surface area contributed by atoms with E-state index in [1.165, 1.54) is 0 Å². The van der Waals surface area contributed by atoms with Gasteiger partial charge in [0, 0.05) is 0 Å². The van der Waals surface area contributed by atoms with Crippen molar-refractivity contribution in [1.82, 2.24) is 0 Å². The van der Waals surface area contributed by atoms with Gasteiger partial charge >= 0.3 is 0 Å². The van der Waals surface area contributed by atoms with E-state index in [-0.39, 0.29) is 11.5 Å². The minimum atomic E-state index is -1.27. The van der Waals surface area contributed by atoms with Crippen molar-refractivity contribution in [3.8, 4) is 0 Å². The molecule has 0 fully saturated rings. The molecule has 0 aliphatic heterocycles. The van der Waals surface area contributed by atoms with Crippen LogP contribution in [0, 0.1) is 0 Å². The highest BCUT2D eigenvalue weighted by Crippen LogP contribution is 2.18. The van der Waals surface area contributed by atoms with Gasteiger partial charge in [0.25, 0.3) is 0 Å². The van der Waals surface area contributed by atoms with Gasteiger partial charge in [-0.3, -0.25) is 0 Å². The average molecular weight is 292 g/mol. The second-order valence-corrected chi connectivity index (χ2v) is 4.53. The molecule has 0 bridgehead atoms. The Morgan fingerprint density at radius 2 is 1.15 bits per heavy atom. The Bertz CT molecular complexity index is 240. The third kappa shape index (κ3) is 7.09. The molecule has 2 unspecified atom stereocenters. The summed E-state index contributed by atoms with van der Waals surface area (Å²) in [5, 5.41) is 37.7. The molecule has 0 spiro atoms. The molecule has 6 nitrogen and oxygen atoms in total. The fourth-order valence-corrected chi connectivity index (χ4v) is 1.48. The van der Waals surface area contributed by atoms with Crippen LogP contribution in [0.3, 0.4) is 0 Å². The molecule has 2 atom stereocenters. The topological polar surface area (TPSA) is 99.4 Å². The minimum Gasteiger partial charge on any atom is -0.491 e. The molecular weight excluding hydrogens is 264 g/mol. The van der Waals surface area contributed by atoms with Gasteiger partial charge in [-0.1, -0.05) is 26.7 Å². The van der Waals surface area contributed by atoms with E-state index in [4.69, 9.17) is 19.7 Å². The van der Waals surface area contributed by atoms with Gasteiger partial charge in [-0.2, -0.15) is 0 Å². The Kier molecular flexibility index (Phi) is 11.5. The van der Waals surface area contributed by atoms with E-state index in [1.54, 1.807) is 0 Å². The lowest BCUT2D eigenvalue weighted by Crippen LogP contribution is -2.27. The molecule has 20 heavy (non-hydrogen) atoms. The second kappa shape index (κ2) is 12.0. The lowest BCUT2D eigenvalue weighted by Gasteiger charge is -2.22. The Morgan fingerprint density at radius 3 is 1.40 bits per heavy atom. The fourth-order valence-electron chi connectivity index (χ4n) is 1.48. The van der Waals surface area contributed by atoms with Crippen LogP contribution in [0.1, 0.15) is 39.5 Å². The number of aliphatic hydroxyl groups excluding tert-OH is 4. The molecule has 4 N–H and O–H groups in total. The number of unbranched alkanes of at least 4 members (excludes halogenated alkanes) is 2. The molecule has 0 aromatic carbocycles. The Morgan fingerprint density at radius 1 is 0.800 bits per heavy atom. The molecule has 0 radical (unpaired) electrons. The van der Waals surface area contributed by atoms with Crippen LogP contribution in [0.2, 0.25) is 0 Å². The lowest BCUT2D eigenvalue weighted by atomic mass is 10.2. The van der Waals surface area contributed by atoms with Crippen molar-refractivity contribution < 1.29 is 29.9 Å². The van der Waals surface area contributed by atoms with Crippen molar-refractivity contribution in [2.45, 2.75) is 51.7 Å². The number of hydrogen-bond acceptors (Lipinski definition) is 6. The van der Waals surface area contributed by atoms with E-state index >= 15 is 0 Å². The van der Waals surface area contributed by atoms with Crippen molar-refractivity contribution in [3.63, 3.8) is 0 Å². The molecule has 0 aromatic rings. The maximum absolute atomic E-state index is 9.78. The summed E-state index contributed by atoms with van der Waals surface area (Å²) in [5.74, 6) is -0.00259. The largest absolute Gasteiger partial charge is 0.491 e. The van der Waals surface area contributed by atoms with Crippen molar-refractivity contribution in [2.75, 3.05) is 26.4 Å². The maximum atomic E-state index is 9.78. The third-order valence-corrected chi connectivity index (χ3v) is 2.70. The van der Waals surface area contributed by atoms with Crippen LogP contribution in [0.4, 0.5) is 0 Å². The molecule has 0 saturated carbocycles. The normalized spacial score (nSPS) is 15.5. The number of aliphatic hydroxyl groups is 4. The number of hydrogen-bond donors (Lipinski definition) is 4. The lowest BCUT2D eigenvalue weighted by molar-refractivity contribution is 0.0114. The first-order valence-corrected chi connectivity index (χ1v) is 7.19. The summed E-state index contributed by atoms with van der Waals surface area (Å²) >= 11 is 0. The Balaban J connectivity index is 5.02. The van der Waals surface area contributed by atoms with E-state index in [0.717, 1.165) is 25.7 Å². The van der Waals surface area contributed by atoms with Crippen LogP contribution in [0.15, 0.2) is 11.5 Å². The van der Waals surface area contributed by atoms with Gasteiger partial charge in [-0.25, -0.2) is 0 Å². The van der Waals surface area contributed by atoms with Crippen LogP contribution in [-0.2, 0) is 9.47 Å². The number of ether oxygens (including phenoxy) is 2. The highest BCUT2D eigenvalue weighted by molar-refractivity contribution is 5.11. The second-order valence-electron chi connectivity index (χ2n) is 4.53. The van der Waals surface area contributed by atoms with Gasteiger partial charge < -0.3 is 29.9 Å². The molecule has 120 valence electrons. The van der Waals surface area contributed by atoms with Gasteiger partial charge in [0.2, 0.25) is 0 Å². The average Bonchev–Trinajstić information content (AvgIpc) is 2.47. The molecule has 0 heterocycles. The Labute approximate surface area is 120 Å². The molecular formula is C14H28O6. The minimum absolute atomic E-state index is 0.00129. The molecule has 6 heteroatoms. The van der Waals surface area contributed by atoms with E-state index < -0.39 is 25.4 Å². The van der Waals surface area contributed by atoms with Gasteiger partial charge in [0.05, 0.1) is 26.4 Å². The molecule has 0 aliphatic carbocycles. The summed E-state index contributed by atoms with van der Waals surface area (Å²) in [4.78, 5) is 0. The highest BCUT2D eigenvalue weighted by Gasteiger charge is 2.24. The Hall–Kier alpha value is -0.820. The van der Waals surface area contributed by atoms with Gasteiger partial charge in [-0.05, 0) is 12.8 Å². The molecule has 0 amide bonds. The van der Waals surface area contributed by atoms with E-state index in [0.29, 0.717) is 13.2 Å². The van der Waals surface area contributed by atoms with E-state index in [2.05, 4.69) is 0 Å². The van der Waals surface area contributed by atoms with Crippen LogP contribution in [0.5, 0.6) is 0 Å². The fraction of sp³-hybridized carbons (Fsp3) is 0.857. The van der Waals surface area contributed by atoms with Crippen molar-refractivity contribution >= 4 is 0 Å². The summed E-state index contributed by atoms with van der Waals surface area (Å²) in [5.41, 5.74) is 0. The molecule has 0 saturated heterocycles. The predicted molar refractivity (Wildman–Crippen MR) is 74.9 cm³/mol. The van der Waals surface area contributed by atoms with E-state index in [9.17, 15) is 10.2 Å². The molecule has 0 rings (SSSR count). The summed E-state index contributed by atoms with van der Waals surface area (Å²) in [6.07, 6.45) is 0.834. The van der Waals surface area contributed by atoms with Crippen LogP contribution >= 0.6 is 0 Å². The number of rotatable bonds is 12. The SMILES string of the molecule is CCCCO/C(=C(/OCCCC)C(O)CO)C(O)CO. The van der Waals surface area contributed by atoms with Crippen LogP contribution < -0.4 is 0 Å². The van der Waals surface area contributed by atoms with Crippen molar-refractivity contribution in [1.29, 1.82) is 0 Å². The first kappa shape index (κ1) is 19.2. The highest BCUT2D eigenvalue weighted by atomic mass is 16.5. The standard InChI is InChI=1S/C14H28O6/c1-3-5-7-19-13(11(17)9-15)14(12(18)10-16)20-8-6-4-2/h11-12,15-18H,3-10H2,1-2H3/b14-13+. The van der Waals surface area contributed by atoms with Gasteiger partial charge in [0.1, 0.15) is 12.2 Å².